The van der Waals surface area contributed by atoms with Crippen molar-refractivity contribution in [2.45, 2.75) is 6.10 Å². The zero-order valence-electron chi connectivity index (χ0n) is 11.3. The van der Waals surface area contributed by atoms with Crippen molar-refractivity contribution in [2.24, 2.45) is 0 Å². The summed E-state index contributed by atoms with van der Waals surface area (Å²) < 4.78 is 31.9. The van der Waals surface area contributed by atoms with Crippen LogP contribution in [-0.4, -0.2) is 32.7 Å². The Morgan fingerprint density at radius 2 is 1.90 bits per heavy atom. The highest BCUT2D eigenvalue weighted by molar-refractivity contribution is 7.86. The maximum absolute atomic E-state index is 11.7. The molecular formula is C12H13NO7S. The third-order valence-corrected chi connectivity index (χ3v) is 2.86. The van der Waals surface area contributed by atoms with E-state index in [-0.39, 0.29) is 5.56 Å². The molecule has 0 aliphatic rings. The minimum absolute atomic E-state index is 0.265. The fraction of sp³-hybridized carbons (Fsp3) is 0.250. The van der Waals surface area contributed by atoms with Gasteiger partial charge in [-0.05, 0) is 5.56 Å². The molecule has 1 aromatic carbocycles. The molecule has 1 aromatic rings. The second kappa shape index (κ2) is 6.95. The normalized spacial score (nSPS) is 13.5. The Labute approximate surface area is 121 Å². The number of hydrogen-bond donors (Lipinski definition) is 0. The van der Waals surface area contributed by atoms with Crippen LogP contribution in [0.1, 0.15) is 11.7 Å². The third kappa shape index (κ3) is 5.32. The number of nitrogens with zero attached hydrogens (tertiary/aromatic N) is 1. The molecule has 1 rings (SSSR count). The summed E-state index contributed by atoms with van der Waals surface area (Å²) >= 11 is 0. The molecule has 1 atom stereocenters. The Balaban J connectivity index is 3.39. The molecule has 0 fully saturated rings. The van der Waals surface area contributed by atoms with Crippen molar-refractivity contribution in [1.82, 2.24) is 0 Å². The van der Waals surface area contributed by atoms with Crippen molar-refractivity contribution in [3.63, 3.8) is 0 Å². The van der Waals surface area contributed by atoms with E-state index in [2.05, 4.69) is 4.74 Å². The lowest BCUT2D eigenvalue weighted by Gasteiger charge is -2.16. The van der Waals surface area contributed by atoms with Gasteiger partial charge in [-0.2, -0.15) is 8.42 Å². The quantitative estimate of drug-likeness (QED) is 0.253. The summed E-state index contributed by atoms with van der Waals surface area (Å²) in [6.07, 6.45) is -0.308. The molecule has 0 heterocycles. The lowest BCUT2D eigenvalue weighted by Crippen LogP contribution is -2.20. The van der Waals surface area contributed by atoms with E-state index in [0.29, 0.717) is 6.20 Å². The molecule has 1 unspecified atom stereocenters. The molecule has 8 nitrogen and oxygen atoms in total. The molecule has 0 radical (unpaired) electrons. The van der Waals surface area contributed by atoms with Crippen molar-refractivity contribution in [3.8, 4) is 0 Å². The summed E-state index contributed by atoms with van der Waals surface area (Å²) in [6.45, 7) is 0. The van der Waals surface area contributed by atoms with Gasteiger partial charge < -0.3 is 4.74 Å². The molecule has 0 aromatic heterocycles. The van der Waals surface area contributed by atoms with Crippen LogP contribution in [0.15, 0.2) is 42.1 Å². The number of esters is 1. The Kier molecular flexibility index (Phi) is 5.56. The first-order chi connectivity index (χ1) is 9.74. The summed E-state index contributed by atoms with van der Waals surface area (Å²) in [4.78, 5) is 21.4. The van der Waals surface area contributed by atoms with E-state index in [1.54, 1.807) is 18.2 Å². The Morgan fingerprint density at radius 1 is 1.33 bits per heavy atom. The van der Waals surface area contributed by atoms with Crippen molar-refractivity contribution in [2.75, 3.05) is 13.4 Å². The van der Waals surface area contributed by atoms with Gasteiger partial charge in [0.05, 0.1) is 18.3 Å². The van der Waals surface area contributed by atoms with E-state index in [1.807, 2.05) is 0 Å². The number of benzene rings is 1. The highest BCUT2D eigenvalue weighted by Gasteiger charge is 2.30. The molecule has 0 aliphatic carbocycles. The SMILES string of the molecule is COC(=O)/C(=C\[N+](=O)[O-])C(OS(C)(=O)=O)c1ccccc1. The Morgan fingerprint density at radius 3 is 2.33 bits per heavy atom. The van der Waals surface area contributed by atoms with Gasteiger partial charge in [-0.1, -0.05) is 30.3 Å². The molecular weight excluding hydrogens is 302 g/mol. The zero-order chi connectivity index (χ0) is 16.0. The van der Waals surface area contributed by atoms with Gasteiger partial charge >= 0.3 is 5.97 Å². The number of carbonyl (C=O) groups excluding carboxylic acids is 1. The molecule has 0 aliphatic heterocycles. The van der Waals surface area contributed by atoms with Crippen molar-refractivity contribution in [1.29, 1.82) is 0 Å². The van der Waals surface area contributed by atoms with E-state index < -0.39 is 32.7 Å². The van der Waals surface area contributed by atoms with Gasteiger partial charge in [-0.3, -0.25) is 14.3 Å². The van der Waals surface area contributed by atoms with Gasteiger partial charge in [-0.15, -0.1) is 0 Å². The summed E-state index contributed by atoms with van der Waals surface area (Å²) in [6, 6.07) is 7.78. The van der Waals surface area contributed by atoms with Crippen LogP contribution < -0.4 is 0 Å². The number of hydrogen-bond acceptors (Lipinski definition) is 7. The van der Waals surface area contributed by atoms with Crippen LogP contribution in [0.3, 0.4) is 0 Å². The number of rotatable bonds is 6. The Bertz CT molecular complexity index is 651. The number of nitro groups is 1. The topological polar surface area (TPSA) is 113 Å². The van der Waals surface area contributed by atoms with Crippen LogP contribution in [0.4, 0.5) is 0 Å². The first kappa shape index (κ1) is 16.8. The predicted molar refractivity (Wildman–Crippen MR) is 72.2 cm³/mol. The van der Waals surface area contributed by atoms with E-state index in [0.717, 1.165) is 13.4 Å². The third-order valence-electron chi connectivity index (χ3n) is 2.32. The second-order valence-corrected chi connectivity index (χ2v) is 5.55. The van der Waals surface area contributed by atoms with Gasteiger partial charge in [-0.25, -0.2) is 4.79 Å². The molecule has 114 valence electrons. The van der Waals surface area contributed by atoms with Gasteiger partial charge in [0.25, 0.3) is 10.1 Å². The second-order valence-electron chi connectivity index (χ2n) is 3.95. The van der Waals surface area contributed by atoms with Crippen molar-refractivity contribution < 1.29 is 27.1 Å². The summed E-state index contributed by atoms with van der Waals surface area (Å²) in [7, 11) is -2.94. The van der Waals surface area contributed by atoms with Crippen LogP contribution in [0.5, 0.6) is 0 Å². The van der Waals surface area contributed by atoms with Crippen molar-refractivity contribution >= 4 is 16.1 Å². The lowest BCUT2D eigenvalue weighted by molar-refractivity contribution is -0.403. The highest BCUT2D eigenvalue weighted by atomic mass is 32.2. The maximum Gasteiger partial charge on any atom is 0.343 e. The summed E-state index contributed by atoms with van der Waals surface area (Å²) in [5.41, 5.74) is -0.263. The Hall–Kier alpha value is -2.26. The van der Waals surface area contributed by atoms with Crippen LogP contribution in [-0.2, 0) is 23.8 Å². The first-order valence-electron chi connectivity index (χ1n) is 5.61. The standard InChI is InChI=1S/C12H13NO7S/c1-19-12(14)10(8-13(15)16)11(20-21(2,17)18)9-6-4-3-5-7-9/h3-8,11H,1-2H3/b10-8-. The minimum atomic E-state index is -3.97. The maximum atomic E-state index is 11.7. The van der Waals surface area contributed by atoms with E-state index in [9.17, 15) is 23.3 Å². The largest absolute Gasteiger partial charge is 0.465 e. The van der Waals surface area contributed by atoms with Crippen LogP contribution >= 0.6 is 0 Å². The molecule has 0 saturated carbocycles. The molecule has 0 bridgehead atoms. The fourth-order valence-electron chi connectivity index (χ4n) is 1.55. The smallest absolute Gasteiger partial charge is 0.343 e. The highest BCUT2D eigenvalue weighted by Crippen LogP contribution is 2.28. The molecule has 0 N–H and O–H groups in total. The predicted octanol–water partition coefficient (Wildman–Crippen LogP) is 1.04. The van der Waals surface area contributed by atoms with Gasteiger partial charge in [0.15, 0.2) is 0 Å². The number of carbonyl (C=O) groups is 1. The van der Waals surface area contributed by atoms with E-state index in [4.69, 9.17) is 4.18 Å². The average Bonchev–Trinajstić information content (AvgIpc) is 2.41. The van der Waals surface area contributed by atoms with Crippen molar-refractivity contribution in [3.05, 3.63) is 57.8 Å². The lowest BCUT2D eigenvalue weighted by atomic mass is 10.0. The van der Waals surface area contributed by atoms with Gasteiger partial charge in [0, 0.05) is 0 Å². The molecule has 0 spiro atoms. The first-order valence-corrected chi connectivity index (χ1v) is 7.43. The van der Waals surface area contributed by atoms with Crippen LogP contribution in [0, 0.1) is 10.1 Å². The molecule has 9 heteroatoms. The molecule has 0 saturated heterocycles. The zero-order valence-corrected chi connectivity index (χ0v) is 12.1. The summed E-state index contributed by atoms with van der Waals surface area (Å²) in [5.74, 6) is -1.05. The number of ether oxygens (including phenoxy) is 1. The van der Waals surface area contributed by atoms with E-state index >= 15 is 0 Å². The summed E-state index contributed by atoms with van der Waals surface area (Å²) in [5, 5.41) is 10.6. The molecule has 0 amide bonds. The minimum Gasteiger partial charge on any atom is -0.465 e. The van der Waals surface area contributed by atoms with Gasteiger partial charge in [0.1, 0.15) is 11.7 Å². The van der Waals surface area contributed by atoms with Crippen LogP contribution in [0.25, 0.3) is 0 Å². The fourth-order valence-corrected chi connectivity index (χ4v) is 2.11. The molecule has 21 heavy (non-hydrogen) atoms. The van der Waals surface area contributed by atoms with Crippen LogP contribution in [0.2, 0.25) is 0 Å². The van der Waals surface area contributed by atoms with E-state index in [1.165, 1.54) is 12.1 Å². The monoisotopic (exact) mass is 315 g/mol. The number of methoxy groups -OCH3 is 1. The average molecular weight is 315 g/mol. The van der Waals surface area contributed by atoms with Gasteiger partial charge in [0.2, 0.25) is 6.20 Å².